The van der Waals surface area contributed by atoms with Crippen LogP contribution in [0.25, 0.3) is 0 Å². The first kappa shape index (κ1) is 14.3. The summed E-state index contributed by atoms with van der Waals surface area (Å²) >= 11 is 1.55. The van der Waals surface area contributed by atoms with E-state index in [0.717, 1.165) is 4.88 Å². The van der Waals surface area contributed by atoms with E-state index < -0.39 is 0 Å². The van der Waals surface area contributed by atoms with Crippen LogP contribution in [-0.2, 0) is 11.2 Å². The maximum absolute atomic E-state index is 11.8. The number of carbonyl (C=O) groups is 1. The van der Waals surface area contributed by atoms with Gasteiger partial charge in [-0.3, -0.25) is 4.79 Å². The number of aromatic nitrogens is 1. The molecule has 2 heterocycles. The monoisotopic (exact) mass is 286 g/mol. The molecule has 0 unspecified atom stereocenters. The number of carbonyl (C=O) groups excluding carboxylic acids is 1. The van der Waals surface area contributed by atoms with Crippen molar-refractivity contribution >= 4 is 23.1 Å². The van der Waals surface area contributed by atoms with Gasteiger partial charge in [-0.05, 0) is 29.5 Å². The Kier molecular flexibility index (Phi) is 5.30. The first-order valence-corrected chi connectivity index (χ1v) is 7.05. The quantitative estimate of drug-likeness (QED) is 0.846. The second kappa shape index (κ2) is 7.43. The largest absolute Gasteiger partial charge is 0.395 e. The number of anilines is 1. The number of hydrogen-bond donors (Lipinski definition) is 2. The number of nitrogens with one attached hydrogen (secondary N) is 1. The highest BCUT2D eigenvalue weighted by atomic mass is 32.1. The van der Waals surface area contributed by atoms with Crippen LogP contribution in [0.1, 0.15) is 17.0 Å². The zero-order valence-corrected chi connectivity index (χ0v) is 11.6. The number of rotatable bonds is 4. The Hall–Kier alpha value is -2.16. The van der Waals surface area contributed by atoms with Gasteiger partial charge in [-0.2, -0.15) is 0 Å². The van der Waals surface area contributed by atoms with E-state index in [2.05, 4.69) is 22.1 Å². The van der Waals surface area contributed by atoms with Gasteiger partial charge >= 0.3 is 0 Å². The van der Waals surface area contributed by atoms with Gasteiger partial charge in [0.15, 0.2) is 0 Å². The Balaban J connectivity index is 1.97. The molecule has 0 fully saturated rings. The molecule has 2 aromatic heterocycles. The van der Waals surface area contributed by atoms with E-state index in [1.807, 2.05) is 17.5 Å². The zero-order chi connectivity index (χ0) is 14.2. The molecule has 2 rings (SSSR count). The van der Waals surface area contributed by atoms with Crippen molar-refractivity contribution in [3.05, 3.63) is 46.3 Å². The summed E-state index contributed by atoms with van der Waals surface area (Å²) in [6.45, 7) is 0.0320. The zero-order valence-electron chi connectivity index (χ0n) is 10.8. The first-order chi connectivity index (χ1) is 9.78. The third-order valence-electron chi connectivity index (χ3n) is 2.38. The third kappa shape index (κ3) is 4.50. The van der Waals surface area contributed by atoms with E-state index in [-0.39, 0.29) is 12.5 Å². The maximum Gasteiger partial charge on any atom is 0.230 e. The first-order valence-electron chi connectivity index (χ1n) is 6.17. The second-order valence-electron chi connectivity index (χ2n) is 3.99. The molecule has 5 heteroatoms. The van der Waals surface area contributed by atoms with Gasteiger partial charge in [0.05, 0.1) is 13.0 Å². The van der Waals surface area contributed by atoms with Crippen molar-refractivity contribution in [2.75, 3.05) is 11.9 Å². The van der Waals surface area contributed by atoms with Crippen molar-refractivity contribution in [3.8, 4) is 11.8 Å². The Morgan fingerprint density at radius 1 is 1.35 bits per heavy atom. The molecule has 0 saturated heterocycles. The van der Waals surface area contributed by atoms with Crippen LogP contribution >= 0.6 is 11.3 Å². The van der Waals surface area contributed by atoms with Gasteiger partial charge in [-0.1, -0.05) is 18.1 Å². The van der Waals surface area contributed by atoms with Crippen LogP contribution in [-0.4, -0.2) is 22.6 Å². The summed E-state index contributed by atoms with van der Waals surface area (Å²) in [7, 11) is 0. The van der Waals surface area contributed by atoms with E-state index in [0.29, 0.717) is 24.4 Å². The van der Waals surface area contributed by atoms with Gasteiger partial charge in [0.1, 0.15) is 11.5 Å². The van der Waals surface area contributed by atoms with E-state index in [9.17, 15) is 4.79 Å². The Bertz CT molecular complexity index is 627. The summed E-state index contributed by atoms with van der Waals surface area (Å²) in [5.41, 5.74) is 0.576. The number of aliphatic hydroxyl groups excluding tert-OH is 1. The van der Waals surface area contributed by atoms with E-state index in [4.69, 9.17) is 5.11 Å². The molecule has 0 spiro atoms. The molecule has 0 aliphatic carbocycles. The van der Waals surface area contributed by atoms with Gasteiger partial charge in [0.25, 0.3) is 0 Å². The van der Waals surface area contributed by atoms with Gasteiger partial charge in [0.2, 0.25) is 5.91 Å². The smallest absolute Gasteiger partial charge is 0.230 e. The fourth-order valence-corrected chi connectivity index (χ4v) is 2.24. The molecule has 0 radical (unpaired) electrons. The predicted octanol–water partition coefficient (Wildman–Crippen LogP) is 2.06. The van der Waals surface area contributed by atoms with Crippen molar-refractivity contribution in [2.24, 2.45) is 0 Å². The lowest BCUT2D eigenvalue weighted by atomic mass is 10.3. The average molecular weight is 286 g/mol. The molecular formula is C15H14N2O2S. The highest BCUT2D eigenvalue weighted by molar-refractivity contribution is 7.10. The standard InChI is InChI=1S/C15H14N2O2S/c18-9-2-1-5-12-6-3-8-14(16-12)17-15(19)11-13-7-4-10-20-13/h3-4,6-8,10,18H,2,9,11H2,(H,16,17,19). The molecule has 102 valence electrons. The summed E-state index contributed by atoms with van der Waals surface area (Å²) in [6, 6.07) is 9.12. The minimum absolute atomic E-state index is 0.0320. The normalized spacial score (nSPS) is 9.65. The lowest BCUT2D eigenvalue weighted by Gasteiger charge is -2.03. The topological polar surface area (TPSA) is 62.2 Å². The summed E-state index contributed by atoms with van der Waals surface area (Å²) in [4.78, 5) is 17.1. The number of aliphatic hydroxyl groups is 1. The molecule has 0 aromatic carbocycles. The van der Waals surface area contributed by atoms with Crippen molar-refractivity contribution in [1.29, 1.82) is 0 Å². The number of hydrogen-bond acceptors (Lipinski definition) is 4. The molecule has 2 N–H and O–H groups in total. The minimum Gasteiger partial charge on any atom is -0.395 e. The van der Waals surface area contributed by atoms with Gasteiger partial charge in [0, 0.05) is 11.3 Å². The lowest BCUT2D eigenvalue weighted by Crippen LogP contribution is -2.14. The van der Waals surface area contributed by atoms with Crippen molar-refractivity contribution < 1.29 is 9.90 Å². The van der Waals surface area contributed by atoms with Gasteiger partial charge in [-0.15, -0.1) is 11.3 Å². The van der Waals surface area contributed by atoms with Crippen LogP contribution in [0.3, 0.4) is 0 Å². The van der Waals surface area contributed by atoms with Crippen LogP contribution in [0.4, 0.5) is 5.82 Å². The summed E-state index contributed by atoms with van der Waals surface area (Å²) in [6.07, 6.45) is 0.760. The summed E-state index contributed by atoms with van der Waals surface area (Å²) in [5, 5.41) is 13.4. The van der Waals surface area contributed by atoms with E-state index >= 15 is 0 Å². The lowest BCUT2D eigenvalue weighted by molar-refractivity contribution is -0.115. The van der Waals surface area contributed by atoms with Gasteiger partial charge in [-0.25, -0.2) is 4.98 Å². The number of thiophene rings is 1. The van der Waals surface area contributed by atoms with Crippen LogP contribution in [0, 0.1) is 11.8 Å². The fraction of sp³-hybridized carbons (Fsp3) is 0.200. The van der Waals surface area contributed by atoms with Crippen LogP contribution in [0.5, 0.6) is 0 Å². The molecule has 0 aliphatic heterocycles. The Labute approximate surface area is 121 Å². The second-order valence-corrected chi connectivity index (χ2v) is 5.02. The highest BCUT2D eigenvalue weighted by Crippen LogP contribution is 2.11. The van der Waals surface area contributed by atoms with Crippen LogP contribution in [0.2, 0.25) is 0 Å². The number of nitrogens with zero attached hydrogens (tertiary/aromatic N) is 1. The Morgan fingerprint density at radius 3 is 3.00 bits per heavy atom. The molecule has 0 saturated carbocycles. The summed E-state index contributed by atoms with van der Waals surface area (Å²) in [5.74, 6) is 6.02. The maximum atomic E-state index is 11.8. The van der Waals surface area contributed by atoms with Crippen molar-refractivity contribution in [1.82, 2.24) is 4.98 Å². The molecule has 1 amide bonds. The molecule has 2 aromatic rings. The SMILES string of the molecule is O=C(Cc1cccs1)Nc1cccc(C#CCCO)n1. The molecule has 0 aliphatic rings. The van der Waals surface area contributed by atoms with Crippen molar-refractivity contribution in [2.45, 2.75) is 12.8 Å². The summed E-state index contributed by atoms with van der Waals surface area (Å²) < 4.78 is 0. The average Bonchev–Trinajstić information content (AvgIpc) is 2.92. The van der Waals surface area contributed by atoms with Crippen LogP contribution < -0.4 is 5.32 Å². The fourth-order valence-electron chi connectivity index (χ4n) is 1.54. The molecule has 20 heavy (non-hydrogen) atoms. The molecule has 0 atom stereocenters. The van der Waals surface area contributed by atoms with E-state index in [1.54, 1.807) is 29.5 Å². The highest BCUT2D eigenvalue weighted by Gasteiger charge is 2.05. The van der Waals surface area contributed by atoms with Crippen molar-refractivity contribution in [3.63, 3.8) is 0 Å². The molecule has 0 bridgehead atoms. The minimum atomic E-state index is -0.0968. The van der Waals surface area contributed by atoms with Crippen LogP contribution in [0.15, 0.2) is 35.7 Å². The van der Waals surface area contributed by atoms with E-state index in [1.165, 1.54) is 0 Å². The number of amides is 1. The number of pyridine rings is 1. The predicted molar refractivity (Wildman–Crippen MR) is 79.5 cm³/mol. The third-order valence-corrected chi connectivity index (χ3v) is 3.26. The van der Waals surface area contributed by atoms with Gasteiger partial charge < -0.3 is 10.4 Å². The molecule has 4 nitrogen and oxygen atoms in total. The molecular weight excluding hydrogens is 272 g/mol. The Morgan fingerprint density at radius 2 is 2.25 bits per heavy atom.